The third kappa shape index (κ3) is 2.22. The first-order valence-electron chi connectivity index (χ1n) is 5.93. The Balaban J connectivity index is 2.26. The van der Waals surface area contributed by atoms with E-state index in [0.717, 1.165) is 5.47 Å². The summed E-state index contributed by atoms with van der Waals surface area (Å²) in [5, 5.41) is 2.07. The maximum absolute atomic E-state index is 6.06. The van der Waals surface area contributed by atoms with E-state index in [9.17, 15) is 0 Å². The zero-order valence-corrected chi connectivity index (χ0v) is 11.9. The van der Waals surface area contributed by atoms with Gasteiger partial charge in [0, 0.05) is 4.88 Å². The Labute approximate surface area is 108 Å². The molecule has 0 amide bonds. The van der Waals surface area contributed by atoms with Crippen LogP contribution in [-0.2, 0) is 9.31 Å². The van der Waals surface area contributed by atoms with Crippen LogP contribution in [0.1, 0.15) is 39.5 Å². The predicted molar refractivity (Wildman–Crippen MR) is 74.1 cm³/mol. The van der Waals surface area contributed by atoms with Gasteiger partial charge in [-0.15, -0.1) is 11.3 Å². The highest BCUT2D eigenvalue weighted by Crippen LogP contribution is 2.41. The third-order valence-electron chi connectivity index (χ3n) is 3.62. The second kappa shape index (κ2) is 4.27. The predicted octanol–water partition coefficient (Wildman–Crippen LogP) is 3.78. The largest absolute Gasteiger partial charge is 0.495 e. The summed E-state index contributed by atoms with van der Waals surface area (Å²) in [6.07, 6.45) is 2.08. The molecule has 92 valence electrons. The second-order valence-corrected chi connectivity index (χ2v) is 6.26. The molecule has 1 aromatic heterocycles. The Morgan fingerprint density at radius 2 is 1.82 bits per heavy atom. The number of thiophene rings is 1. The van der Waals surface area contributed by atoms with Gasteiger partial charge in [0.15, 0.2) is 0 Å². The molecule has 0 atom stereocenters. The minimum atomic E-state index is -0.275. The van der Waals surface area contributed by atoms with E-state index in [4.69, 9.17) is 9.31 Å². The van der Waals surface area contributed by atoms with Crippen molar-refractivity contribution in [1.82, 2.24) is 0 Å². The molecule has 0 aromatic carbocycles. The molecule has 0 unspecified atom stereocenters. The lowest BCUT2D eigenvalue weighted by Crippen LogP contribution is -2.41. The fourth-order valence-electron chi connectivity index (χ4n) is 1.81. The molecular formula is C13H19BO2S. The number of hydrogen-bond acceptors (Lipinski definition) is 3. The van der Waals surface area contributed by atoms with E-state index >= 15 is 0 Å². The van der Waals surface area contributed by atoms with Crippen LogP contribution in [0, 0.1) is 0 Å². The summed E-state index contributed by atoms with van der Waals surface area (Å²) < 4.78 is 12.1. The summed E-state index contributed by atoms with van der Waals surface area (Å²) >= 11 is 1.71. The van der Waals surface area contributed by atoms with Gasteiger partial charge >= 0.3 is 7.12 Å². The van der Waals surface area contributed by atoms with E-state index < -0.39 is 0 Å². The summed E-state index contributed by atoms with van der Waals surface area (Å²) in [7, 11) is -0.261. The Morgan fingerprint density at radius 3 is 2.24 bits per heavy atom. The summed E-state index contributed by atoms with van der Waals surface area (Å²) in [6, 6.07) is 4.15. The zero-order valence-electron chi connectivity index (χ0n) is 11.1. The van der Waals surface area contributed by atoms with E-state index in [-0.39, 0.29) is 18.3 Å². The Bertz CT molecular complexity index is 405. The number of allylic oxidation sites excluding steroid dienone is 1. The molecule has 1 fully saturated rings. The van der Waals surface area contributed by atoms with Gasteiger partial charge in [0.2, 0.25) is 0 Å². The SMILES string of the molecule is C/C=C(/B1OC(C)(C)C(C)(C)O1)c1cccs1. The monoisotopic (exact) mass is 250 g/mol. The molecule has 0 radical (unpaired) electrons. The average molecular weight is 250 g/mol. The van der Waals surface area contributed by atoms with Gasteiger partial charge in [0.1, 0.15) is 0 Å². The summed E-state index contributed by atoms with van der Waals surface area (Å²) in [4.78, 5) is 1.21. The third-order valence-corrected chi connectivity index (χ3v) is 4.54. The maximum Gasteiger partial charge on any atom is 0.495 e. The van der Waals surface area contributed by atoms with E-state index in [1.165, 1.54) is 4.88 Å². The quantitative estimate of drug-likeness (QED) is 0.743. The minimum Gasteiger partial charge on any atom is -0.399 e. The smallest absolute Gasteiger partial charge is 0.399 e. The lowest BCUT2D eigenvalue weighted by molar-refractivity contribution is 0.00578. The summed E-state index contributed by atoms with van der Waals surface area (Å²) in [5.74, 6) is 0. The molecule has 17 heavy (non-hydrogen) atoms. The fraction of sp³-hybridized carbons (Fsp3) is 0.538. The van der Waals surface area contributed by atoms with Crippen molar-refractivity contribution in [3.8, 4) is 0 Å². The van der Waals surface area contributed by atoms with Crippen LogP contribution in [-0.4, -0.2) is 18.3 Å². The molecule has 0 bridgehead atoms. The van der Waals surface area contributed by atoms with Crippen LogP contribution in [0.2, 0.25) is 0 Å². The maximum atomic E-state index is 6.06. The Kier molecular flexibility index (Phi) is 3.23. The summed E-state index contributed by atoms with van der Waals surface area (Å²) in [6.45, 7) is 10.3. The fourth-order valence-corrected chi connectivity index (χ4v) is 2.62. The first-order valence-corrected chi connectivity index (χ1v) is 6.81. The van der Waals surface area contributed by atoms with Crippen molar-refractivity contribution in [2.45, 2.75) is 45.8 Å². The lowest BCUT2D eigenvalue weighted by Gasteiger charge is -2.32. The van der Waals surface area contributed by atoms with Crippen molar-refractivity contribution >= 4 is 23.9 Å². The molecule has 0 aliphatic carbocycles. The molecule has 4 heteroatoms. The number of hydrogen-bond donors (Lipinski definition) is 0. The van der Waals surface area contributed by atoms with Crippen LogP contribution in [0.15, 0.2) is 23.6 Å². The van der Waals surface area contributed by atoms with Crippen LogP contribution < -0.4 is 0 Å². The van der Waals surface area contributed by atoms with Gasteiger partial charge in [-0.1, -0.05) is 12.1 Å². The average Bonchev–Trinajstić information content (AvgIpc) is 2.76. The molecule has 1 saturated heterocycles. The van der Waals surface area contributed by atoms with Gasteiger partial charge < -0.3 is 9.31 Å². The van der Waals surface area contributed by atoms with Crippen molar-refractivity contribution in [3.05, 3.63) is 28.5 Å². The van der Waals surface area contributed by atoms with Crippen LogP contribution in [0.3, 0.4) is 0 Å². The molecule has 1 aliphatic rings. The molecule has 1 aliphatic heterocycles. The molecule has 2 nitrogen and oxygen atoms in total. The van der Waals surface area contributed by atoms with Gasteiger partial charge in [-0.05, 0) is 51.5 Å². The molecular weight excluding hydrogens is 231 g/mol. The van der Waals surface area contributed by atoms with Crippen molar-refractivity contribution in [2.75, 3.05) is 0 Å². The van der Waals surface area contributed by atoms with Crippen molar-refractivity contribution in [3.63, 3.8) is 0 Å². The van der Waals surface area contributed by atoms with Gasteiger partial charge in [-0.3, -0.25) is 0 Å². The van der Waals surface area contributed by atoms with Crippen molar-refractivity contribution in [2.24, 2.45) is 0 Å². The zero-order chi connectivity index (χ0) is 12.7. The molecule has 0 spiro atoms. The van der Waals surface area contributed by atoms with Crippen molar-refractivity contribution in [1.29, 1.82) is 0 Å². The second-order valence-electron chi connectivity index (χ2n) is 5.31. The van der Waals surface area contributed by atoms with Gasteiger partial charge in [0.25, 0.3) is 0 Å². The van der Waals surface area contributed by atoms with Gasteiger partial charge in [-0.25, -0.2) is 0 Å². The Hall–Kier alpha value is -0.575. The highest BCUT2D eigenvalue weighted by molar-refractivity contribution is 7.12. The van der Waals surface area contributed by atoms with Crippen LogP contribution in [0.5, 0.6) is 0 Å². The van der Waals surface area contributed by atoms with E-state index in [1.807, 2.05) is 6.92 Å². The molecule has 2 rings (SSSR count). The van der Waals surface area contributed by atoms with Crippen molar-refractivity contribution < 1.29 is 9.31 Å². The van der Waals surface area contributed by atoms with Crippen LogP contribution >= 0.6 is 11.3 Å². The first kappa shape index (κ1) is 12.9. The van der Waals surface area contributed by atoms with Crippen LogP contribution in [0.25, 0.3) is 5.47 Å². The highest BCUT2D eigenvalue weighted by atomic mass is 32.1. The first-order chi connectivity index (χ1) is 7.87. The number of rotatable bonds is 2. The van der Waals surface area contributed by atoms with Gasteiger partial charge in [0.05, 0.1) is 11.2 Å². The van der Waals surface area contributed by atoms with E-state index in [2.05, 4.69) is 51.3 Å². The van der Waals surface area contributed by atoms with Gasteiger partial charge in [-0.2, -0.15) is 0 Å². The molecule has 0 saturated carbocycles. The Morgan fingerprint density at radius 1 is 1.24 bits per heavy atom. The standard InChI is InChI=1S/C13H19BO2S/c1-6-10(11-8-7-9-17-11)14-15-12(2,3)13(4,5)16-14/h6-9H,1-5H3/b10-6+. The molecule has 2 heterocycles. The summed E-state index contributed by atoms with van der Waals surface area (Å²) in [5.41, 5.74) is 0.575. The highest BCUT2D eigenvalue weighted by Gasteiger charge is 2.52. The minimum absolute atomic E-state index is 0.261. The molecule has 0 N–H and O–H groups in total. The molecule has 1 aromatic rings. The normalized spacial score (nSPS) is 23.1. The van der Waals surface area contributed by atoms with E-state index in [0.29, 0.717) is 0 Å². The van der Waals surface area contributed by atoms with Crippen LogP contribution in [0.4, 0.5) is 0 Å². The topological polar surface area (TPSA) is 18.5 Å². The van der Waals surface area contributed by atoms with E-state index in [1.54, 1.807) is 11.3 Å². The lowest BCUT2D eigenvalue weighted by atomic mass is 9.77.